The molecule has 0 saturated heterocycles. The monoisotopic (exact) mass is 571 g/mol. The SMILES string of the molecule is CC[N+](C)(CCCNc1ccc(N)c(C)c1)CCCNc1ccc(N)c(C)c1.Cc1ccc(O)cc1S(=O)(=O)[O-]. The maximum Gasteiger partial charge on any atom is 0.124 e. The number of nitrogens with one attached hydrogen (secondary N) is 2. The summed E-state index contributed by atoms with van der Waals surface area (Å²) in [5, 5.41) is 15.9. The van der Waals surface area contributed by atoms with Gasteiger partial charge < -0.3 is 36.2 Å². The molecule has 0 unspecified atom stereocenters. The highest BCUT2D eigenvalue weighted by Gasteiger charge is 2.18. The molecular weight excluding hydrogens is 526 g/mol. The normalized spacial score (nSPS) is 11.4. The number of hydrogen-bond acceptors (Lipinski definition) is 8. The molecule has 9 nitrogen and oxygen atoms in total. The third-order valence-electron chi connectivity index (χ3n) is 7.15. The molecule has 3 aromatic carbocycles. The molecule has 0 bridgehead atoms. The molecule has 0 aromatic heterocycles. The first-order chi connectivity index (χ1) is 18.7. The van der Waals surface area contributed by atoms with Crippen molar-refractivity contribution in [1.82, 2.24) is 0 Å². The molecule has 3 rings (SSSR count). The molecule has 0 amide bonds. The average molecular weight is 572 g/mol. The van der Waals surface area contributed by atoms with E-state index >= 15 is 0 Å². The lowest BCUT2D eigenvalue weighted by molar-refractivity contribution is -0.907. The van der Waals surface area contributed by atoms with E-state index < -0.39 is 10.1 Å². The Morgan fingerprint density at radius 2 is 1.27 bits per heavy atom. The van der Waals surface area contributed by atoms with Gasteiger partial charge in [-0.15, -0.1) is 0 Å². The van der Waals surface area contributed by atoms with Crippen LogP contribution in [0.3, 0.4) is 0 Å². The van der Waals surface area contributed by atoms with Gasteiger partial charge in [-0.1, -0.05) is 6.07 Å². The number of benzene rings is 3. The molecule has 220 valence electrons. The van der Waals surface area contributed by atoms with Gasteiger partial charge in [-0.25, -0.2) is 8.42 Å². The predicted molar refractivity (Wildman–Crippen MR) is 165 cm³/mol. The Hall–Kier alpha value is -3.47. The molecule has 0 aliphatic heterocycles. The fourth-order valence-electron chi connectivity index (χ4n) is 4.24. The van der Waals surface area contributed by atoms with Crippen LogP contribution in [-0.2, 0) is 10.1 Å². The van der Waals surface area contributed by atoms with Gasteiger partial charge in [0.25, 0.3) is 0 Å². The van der Waals surface area contributed by atoms with E-state index in [-0.39, 0.29) is 10.6 Å². The van der Waals surface area contributed by atoms with Crippen LogP contribution in [0.4, 0.5) is 22.7 Å². The fraction of sp³-hybridized carbons (Fsp3) is 0.400. The number of rotatable bonds is 12. The molecule has 0 atom stereocenters. The molecule has 0 aliphatic carbocycles. The van der Waals surface area contributed by atoms with Gasteiger partial charge in [0.05, 0.1) is 31.6 Å². The zero-order valence-corrected chi connectivity index (χ0v) is 25.1. The molecule has 0 fully saturated rings. The molecule has 0 saturated carbocycles. The minimum Gasteiger partial charge on any atom is -0.744 e. The van der Waals surface area contributed by atoms with Crippen LogP contribution < -0.4 is 22.1 Å². The van der Waals surface area contributed by atoms with Crippen LogP contribution in [0.25, 0.3) is 0 Å². The Labute approximate surface area is 239 Å². The summed E-state index contributed by atoms with van der Waals surface area (Å²) in [5.41, 5.74) is 18.4. The molecule has 0 spiro atoms. The molecule has 0 aliphatic rings. The summed E-state index contributed by atoms with van der Waals surface area (Å²) < 4.78 is 32.7. The van der Waals surface area contributed by atoms with Crippen LogP contribution >= 0.6 is 0 Å². The Balaban J connectivity index is 0.000000389. The highest BCUT2D eigenvalue weighted by molar-refractivity contribution is 7.85. The number of nitrogen functional groups attached to an aromatic ring is 2. The Morgan fingerprint density at radius 1 is 0.800 bits per heavy atom. The third-order valence-corrected chi connectivity index (χ3v) is 8.13. The smallest absolute Gasteiger partial charge is 0.124 e. The van der Waals surface area contributed by atoms with Crippen molar-refractivity contribution in [3.8, 4) is 5.75 Å². The van der Waals surface area contributed by atoms with Crippen LogP contribution in [0.15, 0.2) is 59.5 Å². The van der Waals surface area contributed by atoms with Crippen molar-refractivity contribution in [2.45, 2.75) is 45.4 Å². The van der Waals surface area contributed by atoms with Gasteiger partial charge in [-0.3, -0.25) is 0 Å². The maximum absolute atomic E-state index is 10.5. The summed E-state index contributed by atoms with van der Waals surface area (Å²) in [7, 11) is -2.10. The number of nitrogens with zero attached hydrogens (tertiary/aromatic N) is 1. The van der Waals surface area contributed by atoms with E-state index in [1.54, 1.807) is 0 Å². The Bertz CT molecular complexity index is 1300. The number of anilines is 4. The second-order valence-corrected chi connectivity index (χ2v) is 11.8. The first-order valence-corrected chi connectivity index (χ1v) is 14.9. The largest absolute Gasteiger partial charge is 0.744 e. The summed E-state index contributed by atoms with van der Waals surface area (Å²) in [6.07, 6.45) is 2.30. The summed E-state index contributed by atoms with van der Waals surface area (Å²) in [4.78, 5) is -0.373. The first-order valence-electron chi connectivity index (χ1n) is 13.5. The lowest BCUT2D eigenvalue weighted by atomic mass is 10.2. The van der Waals surface area contributed by atoms with Crippen molar-refractivity contribution in [2.75, 3.05) is 61.9 Å². The van der Waals surface area contributed by atoms with E-state index in [0.717, 1.165) is 76.9 Å². The lowest BCUT2D eigenvalue weighted by Gasteiger charge is -2.33. The second-order valence-electron chi connectivity index (χ2n) is 10.5. The minimum atomic E-state index is -4.47. The summed E-state index contributed by atoms with van der Waals surface area (Å²) in [5.74, 6) is -0.227. The number of phenolic OH excluding ortho intramolecular Hbond substituents is 1. The van der Waals surface area contributed by atoms with Crippen LogP contribution in [0.2, 0.25) is 0 Å². The molecule has 3 aromatic rings. The van der Waals surface area contributed by atoms with E-state index in [2.05, 4.69) is 48.9 Å². The number of aromatic hydroxyl groups is 1. The van der Waals surface area contributed by atoms with Crippen LogP contribution in [0.5, 0.6) is 5.75 Å². The van der Waals surface area contributed by atoms with Gasteiger partial charge in [-0.2, -0.15) is 0 Å². The van der Waals surface area contributed by atoms with Gasteiger partial charge in [0.15, 0.2) is 0 Å². The van der Waals surface area contributed by atoms with E-state index in [0.29, 0.717) is 5.56 Å². The van der Waals surface area contributed by atoms with Crippen LogP contribution in [0.1, 0.15) is 36.5 Å². The third kappa shape index (κ3) is 10.6. The minimum absolute atomic E-state index is 0.227. The van der Waals surface area contributed by atoms with Crippen molar-refractivity contribution in [3.05, 3.63) is 71.3 Å². The van der Waals surface area contributed by atoms with Crippen LogP contribution in [-0.4, -0.2) is 62.3 Å². The van der Waals surface area contributed by atoms with Gasteiger partial charge in [0.1, 0.15) is 15.9 Å². The summed E-state index contributed by atoms with van der Waals surface area (Å²) in [6, 6.07) is 15.9. The molecule has 10 heteroatoms. The molecule has 0 heterocycles. The fourth-order valence-corrected chi connectivity index (χ4v) is 4.97. The zero-order valence-electron chi connectivity index (χ0n) is 24.3. The van der Waals surface area contributed by atoms with Crippen molar-refractivity contribution in [2.24, 2.45) is 0 Å². The molecule has 0 radical (unpaired) electrons. The van der Waals surface area contributed by atoms with E-state index in [4.69, 9.17) is 16.6 Å². The molecule has 40 heavy (non-hydrogen) atoms. The van der Waals surface area contributed by atoms with E-state index in [1.807, 2.05) is 26.0 Å². The summed E-state index contributed by atoms with van der Waals surface area (Å²) >= 11 is 0. The quantitative estimate of drug-likeness (QED) is 0.0895. The highest BCUT2D eigenvalue weighted by Crippen LogP contribution is 2.20. The zero-order chi connectivity index (χ0) is 29.9. The number of hydrogen-bond donors (Lipinski definition) is 5. The van der Waals surface area contributed by atoms with Crippen molar-refractivity contribution in [3.63, 3.8) is 0 Å². The van der Waals surface area contributed by atoms with Crippen molar-refractivity contribution >= 4 is 32.9 Å². The number of nitrogens with two attached hydrogens (primary N) is 2. The Morgan fingerprint density at radius 3 is 1.65 bits per heavy atom. The standard InChI is InChI=1S/C23H38N5.C7H8O4S/c1-5-28(4,14-6-12-26-20-8-10-22(24)18(2)16-20)15-7-13-27-21-9-11-23(25)19(3)17-21;1-5-2-3-6(8)4-7(5)12(9,10)11/h8-11,16-17,26-27H,5-7,12-15,24-25H2,1-4H3;2-4,8H,1H3,(H,9,10,11)/q+1;/p-1. The van der Waals surface area contributed by atoms with Crippen molar-refractivity contribution < 1.29 is 22.6 Å². The topological polar surface area (TPSA) is 154 Å². The number of aryl methyl sites for hydroxylation is 3. The predicted octanol–water partition coefficient (Wildman–Crippen LogP) is 4.84. The maximum atomic E-state index is 10.5. The molecule has 7 N–H and O–H groups in total. The summed E-state index contributed by atoms with van der Waals surface area (Å²) in [6.45, 7) is 13.4. The van der Waals surface area contributed by atoms with Crippen LogP contribution in [0, 0.1) is 20.8 Å². The highest BCUT2D eigenvalue weighted by atomic mass is 32.2. The van der Waals surface area contributed by atoms with E-state index in [9.17, 15) is 13.0 Å². The van der Waals surface area contributed by atoms with Gasteiger partial charge >= 0.3 is 0 Å². The van der Waals surface area contributed by atoms with Gasteiger partial charge in [0.2, 0.25) is 0 Å². The van der Waals surface area contributed by atoms with E-state index in [1.165, 1.54) is 32.1 Å². The van der Waals surface area contributed by atoms with Gasteiger partial charge in [-0.05, 0) is 92.9 Å². The van der Waals surface area contributed by atoms with Crippen molar-refractivity contribution in [1.29, 1.82) is 0 Å². The number of quaternary nitrogens is 1. The lowest BCUT2D eigenvalue weighted by Crippen LogP contribution is -2.46. The number of phenols is 1. The molecular formula is C30H45N5O4S. The Kier molecular flexibility index (Phi) is 12.1. The average Bonchev–Trinajstić information content (AvgIpc) is 2.90. The second kappa shape index (κ2) is 14.8. The van der Waals surface area contributed by atoms with Gasteiger partial charge in [0, 0.05) is 48.7 Å². The first kappa shape index (κ1) is 32.7.